The molecule has 0 saturated carbocycles. The summed E-state index contributed by atoms with van der Waals surface area (Å²) in [5, 5.41) is 20.0. The van der Waals surface area contributed by atoms with Crippen molar-refractivity contribution in [3.05, 3.63) is 0 Å². The van der Waals surface area contributed by atoms with Crippen LogP contribution in [0.3, 0.4) is 0 Å². The Hall–Kier alpha value is -1.83. The van der Waals surface area contributed by atoms with Crippen molar-refractivity contribution in [2.24, 2.45) is 5.92 Å². The molecule has 1 aliphatic heterocycles. The average molecular weight is 288 g/mol. The molecule has 0 aromatic heterocycles. The molecule has 2 amide bonds. The molecule has 1 aliphatic rings. The van der Waals surface area contributed by atoms with E-state index in [0.717, 1.165) is 0 Å². The molecule has 1 heterocycles. The van der Waals surface area contributed by atoms with Gasteiger partial charge in [-0.15, -0.1) is 0 Å². The first-order valence-electron chi connectivity index (χ1n) is 6.46. The number of ether oxygens (including phenoxy) is 1. The summed E-state index contributed by atoms with van der Waals surface area (Å²) in [7, 11) is 1.33. The number of aliphatic carboxylic acids is 1. The van der Waals surface area contributed by atoms with Crippen molar-refractivity contribution in [3.8, 4) is 0 Å². The van der Waals surface area contributed by atoms with Gasteiger partial charge in [0.1, 0.15) is 6.04 Å². The third-order valence-electron chi connectivity index (χ3n) is 3.33. The zero-order valence-electron chi connectivity index (χ0n) is 11.4. The molecule has 3 N–H and O–H groups in total. The van der Waals surface area contributed by atoms with Crippen molar-refractivity contribution >= 4 is 18.0 Å². The Labute approximate surface area is 116 Å². The highest BCUT2D eigenvalue weighted by molar-refractivity contribution is 5.82. The van der Waals surface area contributed by atoms with E-state index in [9.17, 15) is 14.4 Å². The fourth-order valence-corrected chi connectivity index (χ4v) is 2.11. The zero-order chi connectivity index (χ0) is 15.1. The molecule has 0 aliphatic carbocycles. The molecule has 0 bridgehead atoms. The summed E-state index contributed by atoms with van der Waals surface area (Å²) in [5.74, 6) is -1.68. The molecule has 0 aromatic carbocycles. The Bertz CT molecular complexity index is 365. The number of aliphatic hydroxyl groups is 1. The zero-order valence-corrected chi connectivity index (χ0v) is 11.4. The van der Waals surface area contributed by atoms with Gasteiger partial charge in [-0.2, -0.15) is 0 Å². The number of carboxylic acids is 1. The summed E-state index contributed by atoms with van der Waals surface area (Å²) in [5.41, 5.74) is 0. The Kier molecular flexibility index (Phi) is 6.23. The van der Waals surface area contributed by atoms with E-state index in [2.05, 4.69) is 10.1 Å². The van der Waals surface area contributed by atoms with E-state index >= 15 is 0 Å². The van der Waals surface area contributed by atoms with Crippen molar-refractivity contribution in [1.82, 2.24) is 10.2 Å². The molecule has 1 rings (SSSR count). The lowest BCUT2D eigenvalue weighted by Crippen LogP contribution is -2.51. The number of likely N-dealkylation sites (tertiary alicyclic amines) is 1. The van der Waals surface area contributed by atoms with Crippen molar-refractivity contribution in [3.63, 3.8) is 0 Å². The second kappa shape index (κ2) is 7.68. The van der Waals surface area contributed by atoms with E-state index in [1.54, 1.807) is 0 Å². The fourth-order valence-electron chi connectivity index (χ4n) is 2.11. The number of aliphatic hydroxyl groups excluding tert-OH is 1. The first kappa shape index (κ1) is 16.2. The van der Waals surface area contributed by atoms with Crippen LogP contribution >= 0.6 is 0 Å². The third kappa shape index (κ3) is 4.37. The first-order chi connectivity index (χ1) is 9.49. The van der Waals surface area contributed by atoms with E-state index in [0.29, 0.717) is 25.9 Å². The van der Waals surface area contributed by atoms with Crippen LogP contribution in [0.1, 0.15) is 19.3 Å². The van der Waals surface area contributed by atoms with Crippen LogP contribution in [0.15, 0.2) is 0 Å². The van der Waals surface area contributed by atoms with E-state index in [-0.39, 0.29) is 24.9 Å². The molecular weight excluding hydrogens is 268 g/mol. The van der Waals surface area contributed by atoms with E-state index < -0.39 is 18.0 Å². The van der Waals surface area contributed by atoms with Gasteiger partial charge in [0.25, 0.3) is 0 Å². The standard InChI is InChI=1S/C12H20N2O6/c1-20-11(18)8-2-5-14(6-3-8)12(19)13-9(4-7-15)10(16)17/h8-9,15H,2-7H2,1H3,(H,13,19)(H,16,17)/t9-/m1/s1. The largest absolute Gasteiger partial charge is 0.480 e. The maximum atomic E-state index is 11.9. The van der Waals surface area contributed by atoms with Gasteiger partial charge in [-0.05, 0) is 12.8 Å². The van der Waals surface area contributed by atoms with Crippen LogP contribution in [0.2, 0.25) is 0 Å². The number of hydrogen-bond donors (Lipinski definition) is 3. The number of piperidine rings is 1. The molecule has 1 saturated heterocycles. The molecule has 0 spiro atoms. The summed E-state index contributed by atoms with van der Waals surface area (Å²) in [6.45, 7) is 0.426. The Morgan fingerprint density at radius 1 is 1.35 bits per heavy atom. The summed E-state index contributed by atoms with van der Waals surface area (Å²) in [6, 6.07) is -1.60. The number of methoxy groups -OCH3 is 1. The molecule has 8 heteroatoms. The Balaban J connectivity index is 2.46. The molecule has 0 unspecified atom stereocenters. The molecule has 8 nitrogen and oxygen atoms in total. The van der Waals surface area contributed by atoms with Crippen LogP contribution in [0.25, 0.3) is 0 Å². The molecule has 20 heavy (non-hydrogen) atoms. The maximum absolute atomic E-state index is 11.9. The van der Waals surface area contributed by atoms with Crippen LogP contribution in [0.4, 0.5) is 4.79 Å². The lowest BCUT2D eigenvalue weighted by atomic mass is 9.97. The second-order valence-corrected chi connectivity index (χ2v) is 4.64. The van der Waals surface area contributed by atoms with Crippen LogP contribution in [0.5, 0.6) is 0 Å². The van der Waals surface area contributed by atoms with Gasteiger partial charge in [0.15, 0.2) is 0 Å². The van der Waals surface area contributed by atoms with E-state index in [1.807, 2.05) is 0 Å². The number of rotatable bonds is 5. The molecule has 0 aromatic rings. The number of nitrogens with one attached hydrogen (secondary N) is 1. The van der Waals surface area contributed by atoms with Gasteiger partial charge >= 0.3 is 18.0 Å². The van der Waals surface area contributed by atoms with Crippen LogP contribution < -0.4 is 5.32 Å². The van der Waals surface area contributed by atoms with Gasteiger partial charge in [0, 0.05) is 26.1 Å². The minimum absolute atomic E-state index is 0.0420. The summed E-state index contributed by atoms with van der Waals surface area (Å²) in [4.78, 5) is 35.6. The monoisotopic (exact) mass is 288 g/mol. The van der Waals surface area contributed by atoms with E-state index in [1.165, 1.54) is 12.0 Å². The van der Waals surface area contributed by atoms with E-state index in [4.69, 9.17) is 10.2 Å². The molecule has 1 atom stereocenters. The summed E-state index contributed by atoms with van der Waals surface area (Å²) >= 11 is 0. The lowest BCUT2D eigenvalue weighted by Gasteiger charge is -2.31. The van der Waals surface area contributed by atoms with Crippen LogP contribution in [-0.4, -0.2) is 65.9 Å². The normalized spacial score (nSPS) is 17.4. The average Bonchev–Trinajstić information content (AvgIpc) is 2.45. The van der Waals surface area contributed by atoms with Crippen molar-refractivity contribution in [2.75, 3.05) is 26.8 Å². The van der Waals surface area contributed by atoms with Gasteiger partial charge in [0.2, 0.25) is 0 Å². The third-order valence-corrected chi connectivity index (χ3v) is 3.33. The number of urea groups is 1. The van der Waals surface area contributed by atoms with Gasteiger partial charge in [-0.1, -0.05) is 0 Å². The molecule has 114 valence electrons. The molecule has 0 radical (unpaired) electrons. The van der Waals surface area contributed by atoms with Crippen molar-refractivity contribution < 1.29 is 29.3 Å². The van der Waals surface area contributed by atoms with Crippen LogP contribution in [-0.2, 0) is 14.3 Å². The topological polar surface area (TPSA) is 116 Å². The minimum atomic E-state index is -1.18. The highest BCUT2D eigenvalue weighted by Gasteiger charge is 2.29. The minimum Gasteiger partial charge on any atom is -0.480 e. The number of carbonyl (C=O) groups excluding carboxylic acids is 2. The number of esters is 1. The predicted molar refractivity (Wildman–Crippen MR) is 68.0 cm³/mol. The number of nitrogens with zero attached hydrogens (tertiary/aromatic N) is 1. The van der Waals surface area contributed by atoms with Crippen LogP contribution in [0, 0.1) is 5.92 Å². The molecular formula is C12H20N2O6. The van der Waals surface area contributed by atoms with Gasteiger partial charge in [0.05, 0.1) is 13.0 Å². The quantitative estimate of drug-likeness (QED) is 0.583. The Morgan fingerprint density at radius 2 is 1.95 bits per heavy atom. The van der Waals surface area contributed by atoms with Gasteiger partial charge in [-0.25, -0.2) is 9.59 Å². The second-order valence-electron chi connectivity index (χ2n) is 4.64. The fraction of sp³-hybridized carbons (Fsp3) is 0.750. The van der Waals surface area contributed by atoms with Gasteiger partial charge in [-0.3, -0.25) is 4.79 Å². The summed E-state index contributed by atoms with van der Waals surface area (Å²) < 4.78 is 4.65. The smallest absolute Gasteiger partial charge is 0.326 e. The van der Waals surface area contributed by atoms with Gasteiger partial charge < -0.3 is 25.2 Å². The Morgan fingerprint density at radius 3 is 2.40 bits per heavy atom. The predicted octanol–water partition coefficient (Wildman–Crippen LogP) is -0.583. The van der Waals surface area contributed by atoms with Crippen molar-refractivity contribution in [1.29, 1.82) is 0 Å². The number of carboxylic acid groups (broad SMARTS) is 1. The number of hydrogen-bond acceptors (Lipinski definition) is 5. The lowest BCUT2D eigenvalue weighted by molar-refractivity contribution is -0.146. The number of carbonyl (C=O) groups is 3. The number of amides is 2. The highest BCUT2D eigenvalue weighted by Crippen LogP contribution is 2.18. The SMILES string of the molecule is COC(=O)C1CCN(C(=O)N[C@H](CCO)C(=O)O)CC1. The maximum Gasteiger partial charge on any atom is 0.326 e. The molecule has 1 fully saturated rings. The first-order valence-corrected chi connectivity index (χ1v) is 6.46. The van der Waals surface area contributed by atoms with Crippen molar-refractivity contribution in [2.45, 2.75) is 25.3 Å². The highest BCUT2D eigenvalue weighted by atomic mass is 16.5. The summed E-state index contributed by atoms with van der Waals surface area (Å²) in [6.07, 6.45) is 0.954.